The molecular weight excluding hydrogens is 354 g/mol. The number of pyridine rings is 1. The van der Waals surface area contributed by atoms with E-state index in [0.717, 1.165) is 42.2 Å². The molecule has 5 rings (SSSR count). The van der Waals surface area contributed by atoms with Crippen LogP contribution in [0.2, 0.25) is 0 Å². The first-order valence-electron chi connectivity index (χ1n) is 9.15. The minimum absolute atomic E-state index is 0.950. The van der Waals surface area contributed by atoms with Crippen LogP contribution in [0.4, 0.5) is 11.6 Å². The van der Waals surface area contributed by atoms with Crippen molar-refractivity contribution in [1.29, 1.82) is 0 Å². The van der Waals surface area contributed by atoms with Crippen LogP contribution in [0, 0.1) is 0 Å². The SMILES string of the molecule is c1ccc(-c2cc3c(N4CCN(c5cccc[nH+]5)CC4)ncnc3s2)cc1. The molecular formula is C21H20N5S+. The molecule has 1 aliphatic rings. The molecule has 3 aromatic heterocycles. The summed E-state index contributed by atoms with van der Waals surface area (Å²) in [5.41, 5.74) is 1.23. The summed E-state index contributed by atoms with van der Waals surface area (Å²) in [7, 11) is 0. The van der Waals surface area contributed by atoms with Gasteiger partial charge in [0.1, 0.15) is 30.1 Å². The normalized spacial score (nSPS) is 14.7. The predicted molar refractivity (Wildman–Crippen MR) is 110 cm³/mol. The number of benzene rings is 1. The van der Waals surface area contributed by atoms with Gasteiger partial charge in [-0.05, 0) is 17.7 Å². The van der Waals surface area contributed by atoms with Gasteiger partial charge in [0.15, 0.2) is 0 Å². The third-order valence-corrected chi connectivity index (χ3v) is 6.07. The Bertz CT molecular complexity index is 1040. The standard InChI is InChI=1S/C21H19N5S/c1-2-6-16(7-3-1)18-14-17-20(23-15-24-21(17)27-18)26-12-10-25(11-13-26)19-8-4-5-9-22-19/h1-9,14-15H,10-13H2/p+1. The Morgan fingerprint density at radius 3 is 2.41 bits per heavy atom. The summed E-state index contributed by atoms with van der Waals surface area (Å²) in [6, 6.07) is 18.9. The molecule has 0 saturated carbocycles. The van der Waals surface area contributed by atoms with Crippen molar-refractivity contribution in [2.45, 2.75) is 0 Å². The van der Waals surface area contributed by atoms with Crippen LogP contribution in [0.15, 0.2) is 67.1 Å². The lowest BCUT2D eigenvalue weighted by atomic mass is 10.2. The minimum atomic E-state index is 0.950. The first-order chi connectivity index (χ1) is 13.4. The maximum atomic E-state index is 4.63. The molecule has 0 spiro atoms. The van der Waals surface area contributed by atoms with E-state index >= 15 is 0 Å². The molecule has 5 nitrogen and oxygen atoms in total. The van der Waals surface area contributed by atoms with E-state index in [-0.39, 0.29) is 0 Å². The fourth-order valence-corrected chi connectivity index (χ4v) is 4.58. The largest absolute Gasteiger partial charge is 0.348 e. The molecule has 0 unspecified atom stereocenters. The molecule has 1 saturated heterocycles. The van der Waals surface area contributed by atoms with Crippen molar-refractivity contribution in [1.82, 2.24) is 9.97 Å². The highest BCUT2D eigenvalue weighted by Gasteiger charge is 2.25. The van der Waals surface area contributed by atoms with E-state index in [1.165, 1.54) is 16.3 Å². The summed E-state index contributed by atoms with van der Waals surface area (Å²) in [6.45, 7) is 3.85. The molecule has 1 aliphatic heterocycles. The minimum Gasteiger partial charge on any atom is -0.348 e. The number of aromatic nitrogens is 3. The number of aromatic amines is 1. The van der Waals surface area contributed by atoms with Crippen molar-refractivity contribution in [3.8, 4) is 10.4 Å². The van der Waals surface area contributed by atoms with Crippen LogP contribution in [-0.4, -0.2) is 36.1 Å². The van der Waals surface area contributed by atoms with Crippen molar-refractivity contribution in [2.75, 3.05) is 36.0 Å². The van der Waals surface area contributed by atoms with Gasteiger partial charge in [-0.15, -0.1) is 11.3 Å². The Balaban J connectivity index is 1.42. The zero-order valence-corrected chi connectivity index (χ0v) is 15.7. The zero-order chi connectivity index (χ0) is 18.1. The van der Waals surface area contributed by atoms with E-state index < -0.39 is 0 Å². The molecule has 0 aliphatic carbocycles. The van der Waals surface area contributed by atoms with Gasteiger partial charge in [-0.3, -0.25) is 4.90 Å². The average molecular weight is 374 g/mol. The smallest absolute Gasteiger partial charge is 0.274 e. The van der Waals surface area contributed by atoms with Crippen molar-refractivity contribution >= 4 is 33.2 Å². The van der Waals surface area contributed by atoms with Crippen molar-refractivity contribution in [3.63, 3.8) is 0 Å². The van der Waals surface area contributed by atoms with Crippen molar-refractivity contribution in [2.24, 2.45) is 0 Å². The lowest BCUT2D eigenvalue weighted by Gasteiger charge is -2.31. The van der Waals surface area contributed by atoms with Gasteiger partial charge in [0.2, 0.25) is 0 Å². The topological polar surface area (TPSA) is 46.4 Å². The number of piperazine rings is 1. The van der Waals surface area contributed by atoms with Gasteiger partial charge in [-0.2, -0.15) is 0 Å². The lowest BCUT2D eigenvalue weighted by Crippen LogP contribution is -2.48. The summed E-state index contributed by atoms with van der Waals surface area (Å²) in [4.78, 5) is 19.5. The highest BCUT2D eigenvalue weighted by atomic mass is 32.1. The van der Waals surface area contributed by atoms with E-state index in [1.54, 1.807) is 17.7 Å². The van der Waals surface area contributed by atoms with Crippen molar-refractivity contribution in [3.05, 3.63) is 67.1 Å². The van der Waals surface area contributed by atoms with Crippen LogP contribution in [0.5, 0.6) is 0 Å². The van der Waals surface area contributed by atoms with E-state index in [1.807, 2.05) is 18.3 Å². The van der Waals surface area contributed by atoms with E-state index in [2.05, 4.69) is 67.2 Å². The molecule has 1 N–H and O–H groups in total. The summed E-state index contributed by atoms with van der Waals surface area (Å²) < 4.78 is 0. The average Bonchev–Trinajstić information content (AvgIpc) is 3.20. The van der Waals surface area contributed by atoms with Crippen LogP contribution in [-0.2, 0) is 0 Å². The van der Waals surface area contributed by atoms with Crippen LogP contribution in [0.25, 0.3) is 20.7 Å². The summed E-state index contributed by atoms with van der Waals surface area (Å²) >= 11 is 1.73. The summed E-state index contributed by atoms with van der Waals surface area (Å²) in [6.07, 6.45) is 3.67. The first kappa shape index (κ1) is 16.2. The molecule has 0 atom stereocenters. The number of hydrogen-bond donors (Lipinski definition) is 0. The van der Waals surface area contributed by atoms with Gasteiger partial charge >= 0.3 is 0 Å². The van der Waals surface area contributed by atoms with Gasteiger partial charge in [-0.25, -0.2) is 15.0 Å². The second kappa shape index (κ2) is 6.96. The molecule has 0 radical (unpaired) electrons. The number of anilines is 2. The Morgan fingerprint density at radius 1 is 0.852 bits per heavy atom. The lowest BCUT2D eigenvalue weighted by molar-refractivity contribution is -0.364. The van der Waals surface area contributed by atoms with Gasteiger partial charge in [-0.1, -0.05) is 36.4 Å². The summed E-state index contributed by atoms with van der Waals surface area (Å²) in [5, 5.41) is 1.15. The third-order valence-electron chi connectivity index (χ3n) is 4.98. The summed E-state index contributed by atoms with van der Waals surface area (Å²) in [5.74, 6) is 2.22. The van der Waals surface area contributed by atoms with Gasteiger partial charge in [0, 0.05) is 10.9 Å². The molecule has 27 heavy (non-hydrogen) atoms. The Labute approximate surface area is 162 Å². The van der Waals surface area contributed by atoms with E-state index in [4.69, 9.17) is 0 Å². The Hall–Kier alpha value is -2.99. The van der Waals surface area contributed by atoms with E-state index in [0.29, 0.717) is 0 Å². The number of nitrogens with zero attached hydrogens (tertiary/aromatic N) is 4. The highest BCUT2D eigenvalue weighted by molar-refractivity contribution is 7.21. The maximum absolute atomic E-state index is 4.63. The van der Waals surface area contributed by atoms with Crippen LogP contribution < -0.4 is 14.8 Å². The number of thiophene rings is 1. The Morgan fingerprint density at radius 2 is 1.63 bits per heavy atom. The fourth-order valence-electron chi connectivity index (χ4n) is 3.58. The van der Waals surface area contributed by atoms with Crippen LogP contribution >= 0.6 is 11.3 Å². The third kappa shape index (κ3) is 3.13. The number of H-pyrrole nitrogens is 1. The molecule has 0 amide bonds. The van der Waals surface area contributed by atoms with Crippen molar-refractivity contribution < 1.29 is 4.98 Å². The molecule has 4 aromatic rings. The first-order valence-corrected chi connectivity index (χ1v) is 9.97. The molecule has 1 fully saturated rings. The molecule has 134 valence electrons. The predicted octanol–water partition coefficient (Wildman–Crippen LogP) is 3.50. The molecule has 1 aromatic carbocycles. The number of nitrogens with one attached hydrogen (secondary N) is 1. The highest BCUT2D eigenvalue weighted by Crippen LogP contribution is 2.36. The number of rotatable bonds is 3. The molecule has 0 bridgehead atoms. The number of fused-ring (bicyclic) bond motifs is 1. The second-order valence-corrected chi connectivity index (χ2v) is 7.65. The number of hydrogen-bond acceptors (Lipinski definition) is 5. The van der Waals surface area contributed by atoms with Crippen LogP contribution in [0.1, 0.15) is 0 Å². The van der Waals surface area contributed by atoms with E-state index in [9.17, 15) is 0 Å². The molecule has 4 heterocycles. The quantitative estimate of drug-likeness (QED) is 0.551. The molecule has 6 heteroatoms. The van der Waals surface area contributed by atoms with Gasteiger partial charge in [0.05, 0.1) is 24.7 Å². The van der Waals surface area contributed by atoms with Gasteiger partial charge in [0.25, 0.3) is 5.82 Å². The fraction of sp³-hybridized carbons (Fsp3) is 0.190. The Kier molecular flexibility index (Phi) is 4.18. The van der Waals surface area contributed by atoms with Gasteiger partial charge < -0.3 is 4.90 Å². The maximum Gasteiger partial charge on any atom is 0.274 e. The second-order valence-electron chi connectivity index (χ2n) is 6.61. The van der Waals surface area contributed by atoms with Crippen LogP contribution in [0.3, 0.4) is 0 Å². The zero-order valence-electron chi connectivity index (χ0n) is 14.9. The monoisotopic (exact) mass is 374 g/mol.